The minimum absolute atomic E-state index is 0.0557. The topological polar surface area (TPSA) is 49.4 Å². The number of carbonyl (C=O) groups excluding carboxylic acids is 2. The second-order valence-corrected chi connectivity index (χ2v) is 6.03. The van der Waals surface area contributed by atoms with Crippen molar-refractivity contribution in [1.29, 1.82) is 0 Å². The highest BCUT2D eigenvalue weighted by Crippen LogP contribution is 2.27. The van der Waals surface area contributed by atoms with Gasteiger partial charge in [0.05, 0.1) is 0 Å². The first-order valence-corrected chi connectivity index (χ1v) is 7.90. The Morgan fingerprint density at radius 3 is 2.76 bits per heavy atom. The standard InChI is InChI=1S/C17H22N2O2/c20-16(19-10-4-1-5-11-19)9-8-14-12-13-6-2-3-7-15(13)18-17(14)21/h2-3,6-7,14H,1,4-5,8-12H2,(H,18,21). The molecule has 1 saturated heterocycles. The zero-order valence-corrected chi connectivity index (χ0v) is 12.3. The van der Waals surface area contributed by atoms with Crippen LogP contribution in [0.1, 0.15) is 37.7 Å². The van der Waals surface area contributed by atoms with E-state index in [9.17, 15) is 9.59 Å². The normalized spacial score (nSPS) is 21.6. The molecule has 1 N–H and O–H groups in total. The number of anilines is 1. The Morgan fingerprint density at radius 1 is 1.19 bits per heavy atom. The lowest BCUT2D eigenvalue weighted by molar-refractivity contribution is -0.132. The highest BCUT2D eigenvalue weighted by Gasteiger charge is 2.27. The van der Waals surface area contributed by atoms with Crippen molar-refractivity contribution in [3.63, 3.8) is 0 Å². The van der Waals surface area contributed by atoms with Gasteiger partial charge in [-0.1, -0.05) is 18.2 Å². The van der Waals surface area contributed by atoms with Crippen LogP contribution in [0.2, 0.25) is 0 Å². The Bertz CT molecular complexity index is 535. The molecule has 112 valence electrons. The number of carbonyl (C=O) groups is 2. The van der Waals surface area contributed by atoms with E-state index in [1.807, 2.05) is 29.2 Å². The maximum absolute atomic E-state index is 12.2. The van der Waals surface area contributed by atoms with E-state index in [0.717, 1.165) is 38.0 Å². The first kappa shape index (κ1) is 14.1. The van der Waals surface area contributed by atoms with Gasteiger partial charge in [0.15, 0.2) is 0 Å². The van der Waals surface area contributed by atoms with E-state index in [1.54, 1.807) is 0 Å². The van der Waals surface area contributed by atoms with Gasteiger partial charge in [-0.2, -0.15) is 0 Å². The summed E-state index contributed by atoms with van der Waals surface area (Å²) in [5, 5.41) is 2.95. The fraction of sp³-hybridized carbons (Fsp3) is 0.529. The van der Waals surface area contributed by atoms with Crippen molar-refractivity contribution in [3.05, 3.63) is 29.8 Å². The van der Waals surface area contributed by atoms with Crippen LogP contribution in [0.15, 0.2) is 24.3 Å². The molecule has 0 spiro atoms. The number of para-hydroxylation sites is 1. The largest absolute Gasteiger partial charge is 0.343 e. The van der Waals surface area contributed by atoms with Crippen molar-refractivity contribution in [2.45, 2.75) is 38.5 Å². The van der Waals surface area contributed by atoms with Gasteiger partial charge in [-0.15, -0.1) is 0 Å². The summed E-state index contributed by atoms with van der Waals surface area (Å²) < 4.78 is 0. The first-order chi connectivity index (χ1) is 10.2. The molecule has 2 aliphatic heterocycles. The highest BCUT2D eigenvalue weighted by atomic mass is 16.2. The number of hydrogen-bond acceptors (Lipinski definition) is 2. The Balaban J connectivity index is 1.56. The smallest absolute Gasteiger partial charge is 0.227 e. The molecule has 0 aromatic heterocycles. The molecule has 1 fully saturated rings. The Hall–Kier alpha value is -1.84. The van der Waals surface area contributed by atoms with Gasteiger partial charge >= 0.3 is 0 Å². The summed E-state index contributed by atoms with van der Waals surface area (Å²) in [7, 11) is 0. The summed E-state index contributed by atoms with van der Waals surface area (Å²) in [6.07, 6.45) is 5.34. The molecule has 21 heavy (non-hydrogen) atoms. The molecule has 0 bridgehead atoms. The Morgan fingerprint density at radius 2 is 1.95 bits per heavy atom. The average molecular weight is 286 g/mol. The second kappa shape index (κ2) is 6.29. The third-order valence-corrected chi connectivity index (χ3v) is 4.53. The minimum Gasteiger partial charge on any atom is -0.343 e. The molecule has 2 amide bonds. The summed E-state index contributed by atoms with van der Waals surface area (Å²) in [6.45, 7) is 1.77. The van der Waals surface area contributed by atoms with Crippen molar-refractivity contribution in [1.82, 2.24) is 4.90 Å². The van der Waals surface area contributed by atoms with E-state index < -0.39 is 0 Å². The molecule has 3 rings (SSSR count). The van der Waals surface area contributed by atoms with Gasteiger partial charge in [-0.3, -0.25) is 9.59 Å². The molecule has 0 radical (unpaired) electrons. The van der Waals surface area contributed by atoms with Crippen molar-refractivity contribution in [2.75, 3.05) is 18.4 Å². The van der Waals surface area contributed by atoms with Gasteiger partial charge in [0.1, 0.15) is 0 Å². The van der Waals surface area contributed by atoms with E-state index in [0.29, 0.717) is 12.8 Å². The molecule has 1 aromatic rings. The summed E-state index contributed by atoms with van der Waals surface area (Å²) in [4.78, 5) is 26.3. The van der Waals surface area contributed by atoms with Crippen LogP contribution in [-0.2, 0) is 16.0 Å². The molecule has 0 saturated carbocycles. The van der Waals surface area contributed by atoms with Crippen LogP contribution in [0, 0.1) is 5.92 Å². The number of fused-ring (bicyclic) bond motifs is 1. The van der Waals surface area contributed by atoms with Gasteiger partial charge in [0.25, 0.3) is 0 Å². The monoisotopic (exact) mass is 286 g/mol. The predicted octanol–water partition coefficient (Wildman–Crippen LogP) is 2.59. The van der Waals surface area contributed by atoms with Gasteiger partial charge in [-0.25, -0.2) is 0 Å². The number of piperidine rings is 1. The van der Waals surface area contributed by atoms with E-state index >= 15 is 0 Å². The van der Waals surface area contributed by atoms with Crippen LogP contribution < -0.4 is 5.32 Å². The van der Waals surface area contributed by atoms with Crippen LogP contribution in [0.4, 0.5) is 5.69 Å². The van der Waals surface area contributed by atoms with Gasteiger partial charge in [0, 0.05) is 31.1 Å². The lowest BCUT2D eigenvalue weighted by atomic mass is 9.89. The number of nitrogens with zero attached hydrogens (tertiary/aromatic N) is 1. The number of likely N-dealkylation sites (tertiary alicyclic amines) is 1. The molecule has 4 heteroatoms. The van der Waals surface area contributed by atoms with E-state index in [4.69, 9.17) is 0 Å². The summed E-state index contributed by atoms with van der Waals surface area (Å²) >= 11 is 0. The third-order valence-electron chi connectivity index (χ3n) is 4.53. The Labute approximate surface area is 125 Å². The van der Waals surface area contributed by atoms with Crippen molar-refractivity contribution in [2.24, 2.45) is 5.92 Å². The first-order valence-electron chi connectivity index (χ1n) is 7.90. The molecular weight excluding hydrogens is 264 g/mol. The van der Waals surface area contributed by atoms with Crippen LogP contribution >= 0.6 is 0 Å². The predicted molar refractivity (Wildman–Crippen MR) is 81.9 cm³/mol. The highest BCUT2D eigenvalue weighted by molar-refractivity contribution is 5.96. The molecule has 1 atom stereocenters. The fourth-order valence-corrected chi connectivity index (χ4v) is 3.25. The average Bonchev–Trinajstić information content (AvgIpc) is 2.53. The number of rotatable bonds is 3. The second-order valence-electron chi connectivity index (χ2n) is 6.03. The zero-order chi connectivity index (χ0) is 14.7. The van der Waals surface area contributed by atoms with Crippen molar-refractivity contribution >= 4 is 17.5 Å². The van der Waals surface area contributed by atoms with E-state index in [-0.39, 0.29) is 17.7 Å². The van der Waals surface area contributed by atoms with Gasteiger partial charge < -0.3 is 10.2 Å². The molecule has 0 aliphatic carbocycles. The molecule has 4 nitrogen and oxygen atoms in total. The fourth-order valence-electron chi connectivity index (χ4n) is 3.25. The third kappa shape index (κ3) is 3.26. The molecule has 1 aromatic carbocycles. The van der Waals surface area contributed by atoms with Crippen LogP contribution in [0.5, 0.6) is 0 Å². The maximum Gasteiger partial charge on any atom is 0.227 e. The number of nitrogens with one attached hydrogen (secondary N) is 1. The Kier molecular flexibility index (Phi) is 4.23. The summed E-state index contributed by atoms with van der Waals surface area (Å²) in [5.74, 6) is 0.190. The SMILES string of the molecule is O=C1Nc2ccccc2CC1CCC(=O)N1CCCCC1. The molecule has 2 aliphatic rings. The van der Waals surface area contributed by atoms with Crippen LogP contribution in [0.25, 0.3) is 0 Å². The van der Waals surface area contributed by atoms with Crippen molar-refractivity contribution < 1.29 is 9.59 Å². The van der Waals surface area contributed by atoms with Gasteiger partial charge in [0.2, 0.25) is 11.8 Å². The lowest BCUT2D eigenvalue weighted by Gasteiger charge is -2.28. The molecule has 2 heterocycles. The summed E-state index contributed by atoms with van der Waals surface area (Å²) in [6, 6.07) is 7.90. The molecular formula is C17H22N2O2. The maximum atomic E-state index is 12.2. The summed E-state index contributed by atoms with van der Waals surface area (Å²) in [5.41, 5.74) is 2.09. The molecule has 1 unspecified atom stereocenters. The van der Waals surface area contributed by atoms with E-state index in [2.05, 4.69) is 5.32 Å². The minimum atomic E-state index is -0.0753. The van der Waals surface area contributed by atoms with Crippen molar-refractivity contribution in [3.8, 4) is 0 Å². The zero-order valence-electron chi connectivity index (χ0n) is 12.3. The lowest BCUT2D eigenvalue weighted by Crippen LogP contribution is -2.37. The van der Waals surface area contributed by atoms with Crippen LogP contribution in [0.3, 0.4) is 0 Å². The quantitative estimate of drug-likeness (QED) is 0.928. The van der Waals surface area contributed by atoms with E-state index in [1.165, 1.54) is 12.0 Å². The number of amides is 2. The van der Waals surface area contributed by atoms with Crippen LogP contribution in [-0.4, -0.2) is 29.8 Å². The number of benzene rings is 1. The van der Waals surface area contributed by atoms with Gasteiger partial charge in [-0.05, 0) is 43.7 Å². The number of hydrogen-bond donors (Lipinski definition) is 1.